The van der Waals surface area contributed by atoms with Crippen LogP contribution in [0, 0.1) is 16.7 Å². The molecule has 0 radical (unpaired) electrons. The van der Waals surface area contributed by atoms with Crippen LogP contribution in [0.3, 0.4) is 0 Å². The predicted octanol–water partition coefficient (Wildman–Crippen LogP) is 1.97. The summed E-state index contributed by atoms with van der Waals surface area (Å²) in [5, 5.41) is 23.1. The van der Waals surface area contributed by atoms with E-state index < -0.39 is 47.3 Å². The van der Waals surface area contributed by atoms with Gasteiger partial charge in [0.15, 0.2) is 0 Å². The van der Waals surface area contributed by atoms with Crippen LogP contribution in [-0.2, 0) is 23.1 Å². The summed E-state index contributed by atoms with van der Waals surface area (Å²) in [6.45, 7) is -1.43. The average Bonchev–Trinajstić information content (AvgIpc) is 2.90. The maximum Gasteiger partial charge on any atom is 0.401 e. The average molecular weight is 558 g/mol. The van der Waals surface area contributed by atoms with Gasteiger partial charge in [-0.1, -0.05) is 30.3 Å². The first kappa shape index (κ1) is 28.6. The number of hydrogen-bond acceptors (Lipinski definition) is 6. The Morgan fingerprint density at radius 2 is 1.75 bits per heavy atom. The largest absolute Gasteiger partial charge is 0.480 e. The Labute approximate surface area is 225 Å². The molecule has 1 aromatic heterocycles. The topological polar surface area (TPSA) is 137 Å². The number of nitrogens with one attached hydrogen (secondary N) is 1. The number of piperidine rings is 1. The maximum absolute atomic E-state index is 13.1. The molecule has 2 heterocycles. The quantitative estimate of drug-likeness (QED) is 0.453. The molecule has 210 valence electrons. The lowest BCUT2D eigenvalue weighted by molar-refractivity contribution is -0.152. The van der Waals surface area contributed by atoms with Crippen molar-refractivity contribution in [1.82, 2.24) is 19.4 Å². The van der Waals surface area contributed by atoms with E-state index in [1.54, 1.807) is 36.4 Å². The number of benzene rings is 2. The molecule has 0 saturated carbocycles. The number of hydrogen-bond donors (Lipinski definition) is 2. The lowest BCUT2D eigenvalue weighted by Crippen LogP contribution is -2.53. The van der Waals surface area contributed by atoms with Gasteiger partial charge < -0.3 is 15.0 Å². The van der Waals surface area contributed by atoms with Crippen LogP contribution in [0.2, 0.25) is 0 Å². The number of carboxylic acids is 1. The summed E-state index contributed by atoms with van der Waals surface area (Å²) in [5.74, 6) is -2.22. The number of aryl methyl sites for hydroxylation is 1. The van der Waals surface area contributed by atoms with E-state index in [9.17, 15) is 42.7 Å². The van der Waals surface area contributed by atoms with E-state index >= 15 is 0 Å². The number of nitriles is 1. The molecule has 13 heteroatoms. The lowest BCUT2D eigenvalue weighted by Gasteiger charge is -2.36. The summed E-state index contributed by atoms with van der Waals surface area (Å²) in [5.41, 5.74) is -1.96. The van der Waals surface area contributed by atoms with Crippen LogP contribution in [0.1, 0.15) is 18.4 Å². The van der Waals surface area contributed by atoms with E-state index in [4.69, 9.17) is 0 Å². The Morgan fingerprint density at radius 1 is 1.10 bits per heavy atom. The number of carboxylic acid groups (broad SMARTS) is 1. The summed E-state index contributed by atoms with van der Waals surface area (Å²) >= 11 is 0. The molecule has 1 atom stereocenters. The molecule has 3 aromatic rings. The van der Waals surface area contributed by atoms with Crippen molar-refractivity contribution in [3.05, 3.63) is 75.1 Å². The molecule has 1 amide bonds. The minimum atomic E-state index is -4.41. The van der Waals surface area contributed by atoms with Crippen molar-refractivity contribution >= 4 is 22.6 Å². The van der Waals surface area contributed by atoms with Gasteiger partial charge in [-0.25, -0.2) is 14.2 Å². The molecule has 1 aliphatic heterocycles. The van der Waals surface area contributed by atoms with Crippen molar-refractivity contribution in [3.63, 3.8) is 0 Å². The number of aliphatic carboxylic acids is 1. The smallest absolute Gasteiger partial charge is 0.401 e. The molecule has 2 N–H and O–H groups in total. The number of nitrogens with zero attached hydrogens (tertiary/aromatic N) is 4. The van der Waals surface area contributed by atoms with Crippen molar-refractivity contribution in [2.75, 3.05) is 19.6 Å². The lowest BCUT2D eigenvalue weighted by atomic mass is 9.78. The van der Waals surface area contributed by atoms with Crippen LogP contribution in [0.25, 0.3) is 16.5 Å². The summed E-state index contributed by atoms with van der Waals surface area (Å²) in [7, 11) is 1.50. The standard InChI is InChI=1S/C27H26F3N5O5/c1-33-11-8-22(36)35(25(33)40)21-7-3-5-18-17(4-2-6-19(18)21)14-20(23(37)38)32-24(39)26(15-31)9-12-34(13-10-26)16-27(28,29)30/h2-8,11,20H,9-10,12-14,16H2,1H3,(H,32,39)(H,37,38)/t20-/m0/s1. The number of likely N-dealkylation sites (tertiary alicyclic amines) is 1. The first-order valence-corrected chi connectivity index (χ1v) is 12.4. The molecule has 10 nitrogen and oxygen atoms in total. The molecule has 0 unspecified atom stereocenters. The molecule has 0 aliphatic carbocycles. The summed E-state index contributed by atoms with van der Waals surface area (Å²) in [6.07, 6.45) is -3.59. The van der Waals surface area contributed by atoms with Gasteiger partial charge in [0.25, 0.3) is 5.56 Å². The van der Waals surface area contributed by atoms with Gasteiger partial charge in [-0.05, 0) is 29.9 Å². The minimum absolute atomic E-state index is 0.136. The van der Waals surface area contributed by atoms with Gasteiger partial charge in [-0.2, -0.15) is 18.4 Å². The number of carbonyl (C=O) groups is 2. The van der Waals surface area contributed by atoms with Crippen molar-refractivity contribution in [2.45, 2.75) is 31.5 Å². The second-order valence-corrected chi connectivity index (χ2v) is 9.83. The zero-order chi connectivity index (χ0) is 29.2. The first-order chi connectivity index (χ1) is 18.8. The monoisotopic (exact) mass is 557 g/mol. The van der Waals surface area contributed by atoms with Crippen LogP contribution >= 0.6 is 0 Å². The van der Waals surface area contributed by atoms with Gasteiger partial charge in [-0.3, -0.25) is 14.5 Å². The Morgan fingerprint density at radius 3 is 2.38 bits per heavy atom. The van der Waals surface area contributed by atoms with Gasteiger partial charge in [0.2, 0.25) is 5.91 Å². The molecule has 4 rings (SSSR count). The summed E-state index contributed by atoms with van der Waals surface area (Å²) in [4.78, 5) is 51.7. The molecule has 1 fully saturated rings. The fraction of sp³-hybridized carbons (Fsp3) is 0.370. The number of halogens is 3. The fourth-order valence-electron chi connectivity index (χ4n) is 4.97. The van der Waals surface area contributed by atoms with E-state index in [-0.39, 0.29) is 32.4 Å². The Hall–Kier alpha value is -4.44. The number of amides is 1. The van der Waals surface area contributed by atoms with E-state index in [2.05, 4.69) is 5.32 Å². The molecule has 0 spiro atoms. The Kier molecular flexibility index (Phi) is 7.84. The van der Waals surface area contributed by atoms with E-state index in [0.29, 0.717) is 22.0 Å². The number of carbonyl (C=O) groups excluding carboxylic acids is 1. The first-order valence-electron chi connectivity index (χ1n) is 12.4. The van der Waals surface area contributed by atoms with E-state index in [1.807, 2.05) is 6.07 Å². The van der Waals surface area contributed by atoms with Crippen LogP contribution in [0.4, 0.5) is 13.2 Å². The van der Waals surface area contributed by atoms with Gasteiger partial charge in [0.1, 0.15) is 11.5 Å². The zero-order valence-electron chi connectivity index (χ0n) is 21.4. The van der Waals surface area contributed by atoms with Crippen molar-refractivity contribution in [2.24, 2.45) is 12.5 Å². The third-order valence-corrected chi connectivity index (χ3v) is 7.17. The van der Waals surface area contributed by atoms with Gasteiger partial charge in [0.05, 0.1) is 18.3 Å². The normalized spacial score (nSPS) is 16.3. The summed E-state index contributed by atoms with van der Waals surface area (Å²) in [6, 6.07) is 11.6. The number of fused-ring (bicyclic) bond motifs is 1. The number of rotatable bonds is 7. The van der Waals surface area contributed by atoms with E-state index in [1.165, 1.54) is 23.9 Å². The van der Waals surface area contributed by atoms with Crippen molar-refractivity contribution < 1.29 is 27.9 Å². The molecular weight excluding hydrogens is 531 g/mol. The highest BCUT2D eigenvalue weighted by molar-refractivity contribution is 5.94. The van der Waals surface area contributed by atoms with Crippen LogP contribution in [-0.4, -0.2) is 62.9 Å². The van der Waals surface area contributed by atoms with Crippen molar-refractivity contribution in [1.29, 1.82) is 5.26 Å². The molecule has 40 heavy (non-hydrogen) atoms. The molecule has 1 saturated heterocycles. The predicted molar refractivity (Wildman–Crippen MR) is 138 cm³/mol. The van der Waals surface area contributed by atoms with Crippen LogP contribution in [0.5, 0.6) is 0 Å². The van der Waals surface area contributed by atoms with Gasteiger partial charge in [-0.15, -0.1) is 0 Å². The highest BCUT2D eigenvalue weighted by Gasteiger charge is 2.44. The highest BCUT2D eigenvalue weighted by Crippen LogP contribution is 2.33. The van der Waals surface area contributed by atoms with E-state index in [0.717, 1.165) is 9.47 Å². The van der Waals surface area contributed by atoms with Gasteiger partial charge in [0, 0.05) is 44.2 Å². The highest BCUT2D eigenvalue weighted by atomic mass is 19.4. The zero-order valence-corrected chi connectivity index (χ0v) is 21.4. The number of aromatic nitrogens is 2. The van der Waals surface area contributed by atoms with Crippen LogP contribution in [0.15, 0.2) is 58.3 Å². The SMILES string of the molecule is Cn1ccc(=O)n(-c2cccc3c(C[C@H](NC(=O)C4(C#N)CCN(CC(F)(F)F)CC4)C(=O)O)cccc23)c1=O. The molecule has 2 aromatic carbocycles. The molecule has 0 bridgehead atoms. The van der Waals surface area contributed by atoms with Crippen molar-refractivity contribution in [3.8, 4) is 11.8 Å². The van der Waals surface area contributed by atoms with Crippen LogP contribution < -0.4 is 16.6 Å². The Balaban J connectivity index is 1.61. The molecular formula is C27H26F3N5O5. The third-order valence-electron chi connectivity index (χ3n) is 7.17. The second kappa shape index (κ2) is 11.0. The molecule has 1 aliphatic rings. The fourth-order valence-corrected chi connectivity index (χ4v) is 4.97. The Bertz CT molecular complexity index is 1610. The second-order valence-electron chi connectivity index (χ2n) is 9.83. The minimum Gasteiger partial charge on any atom is -0.480 e. The summed E-state index contributed by atoms with van der Waals surface area (Å²) < 4.78 is 40.5. The number of alkyl halides is 3. The third kappa shape index (κ3) is 5.76. The van der Waals surface area contributed by atoms with Gasteiger partial charge >= 0.3 is 17.8 Å². The maximum atomic E-state index is 13.1.